The van der Waals surface area contributed by atoms with Crippen LogP contribution in [0.2, 0.25) is 15.1 Å². The molecule has 0 aliphatic carbocycles. The molecule has 0 bridgehead atoms. The number of carbonyl (C=O) groups excluding carboxylic acids is 2. The van der Waals surface area contributed by atoms with Gasteiger partial charge >= 0.3 is 18.0 Å². The minimum absolute atomic E-state index is 0.0124. The highest BCUT2D eigenvalue weighted by Gasteiger charge is 2.33. The first-order valence-electron chi connectivity index (χ1n) is 12.3. The third-order valence-electron chi connectivity index (χ3n) is 5.83. The molecule has 2 amide bonds. The van der Waals surface area contributed by atoms with Crippen molar-refractivity contribution < 1.29 is 35.6 Å². The number of halogens is 6. The van der Waals surface area contributed by atoms with Gasteiger partial charge in [0.15, 0.2) is 0 Å². The number of anilines is 1. The molecule has 0 saturated carbocycles. The highest BCUT2D eigenvalue weighted by atomic mass is 35.5. The standard InChI is InChI=1S/C28H20Cl3F3N4O5S/c29-18-3-1-17(2-4-18)15-38(44(41,42)23-10-5-19(30)6-11-23)16-22-9-8-21(43-22)14-35-37-27(40)26(39)36-20-7-12-25(31)24(13-20)28(32,33)34/h1-14H,15-16H2,(H,36,39)(H,37,40)/b35-14+. The van der Waals surface area contributed by atoms with Gasteiger partial charge < -0.3 is 9.73 Å². The van der Waals surface area contributed by atoms with Crippen LogP contribution in [0.1, 0.15) is 22.6 Å². The molecule has 0 fully saturated rings. The Balaban J connectivity index is 1.43. The summed E-state index contributed by atoms with van der Waals surface area (Å²) in [5.41, 5.74) is 1.10. The molecular formula is C28H20Cl3F3N4O5S. The average molecular weight is 688 g/mol. The molecule has 0 unspecified atom stereocenters. The fourth-order valence-electron chi connectivity index (χ4n) is 3.71. The molecule has 4 aromatic rings. The Morgan fingerprint density at radius 2 is 1.50 bits per heavy atom. The summed E-state index contributed by atoms with van der Waals surface area (Å²) in [4.78, 5) is 24.2. The van der Waals surface area contributed by atoms with Crippen molar-refractivity contribution in [3.05, 3.63) is 117 Å². The number of nitrogens with zero attached hydrogens (tertiary/aromatic N) is 2. The first kappa shape index (κ1) is 33.0. The topological polar surface area (TPSA) is 121 Å². The zero-order valence-electron chi connectivity index (χ0n) is 22.1. The second kappa shape index (κ2) is 13.8. The van der Waals surface area contributed by atoms with E-state index in [4.69, 9.17) is 39.2 Å². The summed E-state index contributed by atoms with van der Waals surface area (Å²) in [5, 5.41) is 5.92. The predicted octanol–water partition coefficient (Wildman–Crippen LogP) is 6.74. The Hall–Kier alpha value is -3.88. The van der Waals surface area contributed by atoms with Gasteiger partial charge in [0.2, 0.25) is 10.0 Å². The van der Waals surface area contributed by atoms with E-state index in [0.717, 1.165) is 18.3 Å². The van der Waals surface area contributed by atoms with Crippen LogP contribution in [0, 0.1) is 0 Å². The molecule has 4 rings (SSSR count). The van der Waals surface area contributed by atoms with E-state index in [9.17, 15) is 31.2 Å². The van der Waals surface area contributed by atoms with Crippen molar-refractivity contribution in [1.82, 2.24) is 9.73 Å². The molecule has 0 aliphatic rings. The van der Waals surface area contributed by atoms with E-state index in [1.807, 2.05) is 10.7 Å². The molecule has 1 aromatic heterocycles. The number of hydrogen-bond acceptors (Lipinski definition) is 6. The van der Waals surface area contributed by atoms with Gasteiger partial charge in [0.05, 0.1) is 28.2 Å². The average Bonchev–Trinajstić information content (AvgIpc) is 3.41. The largest absolute Gasteiger partial charge is 0.459 e. The van der Waals surface area contributed by atoms with Gasteiger partial charge in [-0.25, -0.2) is 13.8 Å². The molecule has 0 spiro atoms. The lowest BCUT2D eigenvalue weighted by Gasteiger charge is -2.21. The highest BCUT2D eigenvalue weighted by Crippen LogP contribution is 2.36. The normalized spacial score (nSPS) is 12.1. The van der Waals surface area contributed by atoms with E-state index >= 15 is 0 Å². The van der Waals surface area contributed by atoms with E-state index in [1.54, 1.807) is 24.3 Å². The first-order chi connectivity index (χ1) is 20.7. The van der Waals surface area contributed by atoms with Gasteiger partial charge in [-0.3, -0.25) is 9.59 Å². The molecule has 2 N–H and O–H groups in total. The second-order valence-electron chi connectivity index (χ2n) is 9.00. The SMILES string of the molecule is O=C(N/N=C/c1ccc(CN(Cc2ccc(Cl)cc2)S(=O)(=O)c2ccc(Cl)cc2)o1)C(=O)Nc1ccc(Cl)c(C(F)(F)F)c1. The van der Waals surface area contributed by atoms with Crippen molar-refractivity contribution in [2.75, 3.05) is 5.32 Å². The van der Waals surface area contributed by atoms with Crippen LogP contribution < -0.4 is 10.7 Å². The number of furan rings is 1. The summed E-state index contributed by atoms with van der Waals surface area (Å²) < 4.78 is 72.9. The van der Waals surface area contributed by atoms with Gasteiger partial charge in [0.1, 0.15) is 11.5 Å². The van der Waals surface area contributed by atoms with Crippen molar-refractivity contribution in [3.8, 4) is 0 Å². The molecule has 0 atom stereocenters. The molecule has 230 valence electrons. The van der Waals surface area contributed by atoms with Crippen molar-refractivity contribution in [2.45, 2.75) is 24.2 Å². The zero-order valence-corrected chi connectivity index (χ0v) is 25.2. The van der Waals surface area contributed by atoms with Crippen LogP contribution >= 0.6 is 34.8 Å². The summed E-state index contributed by atoms with van der Waals surface area (Å²) in [6.07, 6.45) is -3.71. The summed E-state index contributed by atoms with van der Waals surface area (Å²) in [6, 6.07) is 17.9. The molecule has 0 aliphatic heterocycles. The summed E-state index contributed by atoms with van der Waals surface area (Å²) >= 11 is 17.4. The smallest absolute Gasteiger partial charge is 0.417 e. The van der Waals surface area contributed by atoms with E-state index in [0.29, 0.717) is 21.7 Å². The Kier molecular flexibility index (Phi) is 10.4. The fraction of sp³-hybridized carbons (Fsp3) is 0.107. The Bertz CT molecular complexity index is 1800. The predicted molar refractivity (Wildman–Crippen MR) is 159 cm³/mol. The van der Waals surface area contributed by atoms with E-state index in [-0.39, 0.29) is 35.2 Å². The number of benzene rings is 3. The number of sulfonamides is 1. The van der Waals surface area contributed by atoms with Gasteiger partial charge in [0, 0.05) is 22.3 Å². The molecule has 44 heavy (non-hydrogen) atoms. The van der Waals surface area contributed by atoms with E-state index < -0.39 is 38.6 Å². The molecule has 0 saturated heterocycles. The quantitative estimate of drug-likeness (QED) is 0.115. The Morgan fingerprint density at radius 1 is 0.864 bits per heavy atom. The number of rotatable bonds is 9. The van der Waals surface area contributed by atoms with E-state index in [2.05, 4.69) is 5.10 Å². The van der Waals surface area contributed by atoms with Gasteiger partial charge in [-0.1, -0.05) is 46.9 Å². The second-order valence-corrected chi connectivity index (χ2v) is 12.2. The molecular weight excluding hydrogens is 668 g/mol. The Labute approximate surface area is 264 Å². The summed E-state index contributed by atoms with van der Waals surface area (Å²) in [6.45, 7) is -0.202. The maximum absolute atomic E-state index is 13.5. The molecule has 3 aromatic carbocycles. The lowest BCUT2D eigenvalue weighted by molar-refractivity contribution is -0.137. The summed E-state index contributed by atoms with van der Waals surface area (Å²) in [5.74, 6) is -2.24. The van der Waals surface area contributed by atoms with Gasteiger partial charge in [-0.15, -0.1) is 0 Å². The fourth-order valence-corrected chi connectivity index (χ4v) is 5.58. The Morgan fingerprint density at radius 3 is 2.14 bits per heavy atom. The van der Waals surface area contributed by atoms with Gasteiger partial charge in [0.25, 0.3) is 0 Å². The molecule has 1 heterocycles. The van der Waals surface area contributed by atoms with Crippen LogP contribution in [-0.2, 0) is 38.9 Å². The lowest BCUT2D eigenvalue weighted by atomic mass is 10.2. The maximum Gasteiger partial charge on any atom is 0.417 e. The lowest BCUT2D eigenvalue weighted by Crippen LogP contribution is -2.32. The highest BCUT2D eigenvalue weighted by molar-refractivity contribution is 7.89. The maximum atomic E-state index is 13.5. The van der Waals surface area contributed by atoms with Crippen LogP contribution in [0.4, 0.5) is 18.9 Å². The van der Waals surface area contributed by atoms with Crippen LogP contribution in [0.5, 0.6) is 0 Å². The van der Waals surface area contributed by atoms with Crippen molar-refractivity contribution >= 4 is 68.5 Å². The number of hydrogen-bond donors (Lipinski definition) is 2. The van der Waals surface area contributed by atoms with E-state index in [1.165, 1.54) is 40.7 Å². The van der Waals surface area contributed by atoms with Crippen LogP contribution in [-0.4, -0.2) is 30.8 Å². The van der Waals surface area contributed by atoms with Crippen LogP contribution in [0.25, 0.3) is 0 Å². The van der Waals surface area contributed by atoms with Gasteiger partial charge in [-0.05, 0) is 72.3 Å². The van der Waals surface area contributed by atoms with Crippen LogP contribution in [0.15, 0.2) is 93.3 Å². The molecule has 9 nitrogen and oxygen atoms in total. The first-order valence-corrected chi connectivity index (χ1v) is 14.9. The number of carbonyl (C=O) groups is 2. The monoisotopic (exact) mass is 686 g/mol. The molecule has 0 radical (unpaired) electrons. The minimum atomic E-state index is -4.76. The third kappa shape index (κ3) is 8.61. The number of amides is 2. The van der Waals surface area contributed by atoms with Crippen molar-refractivity contribution in [1.29, 1.82) is 0 Å². The van der Waals surface area contributed by atoms with Crippen molar-refractivity contribution in [2.24, 2.45) is 5.10 Å². The number of nitrogens with one attached hydrogen (secondary N) is 2. The number of alkyl halides is 3. The number of hydrazone groups is 1. The molecule has 16 heteroatoms. The summed E-state index contributed by atoms with van der Waals surface area (Å²) in [7, 11) is -4.02. The minimum Gasteiger partial charge on any atom is -0.459 e. The van der Waals surface area contributed by atoms with Gasteiger partial charge in [-0.2, -0.15) is 22.6 Å². The van der Waals surface area contributed by atoms with Crippen molar-refractivity contribution in [3.63, 3.8) is 0 Å². The zero-order chi connectivity index (χ0) is 32.1. The van der Waals surface area contributed by atoms with Crippen LogP contribution in [0.3, 0.4) is 0 Å². The third-order valence-corrected chi connectivity index (χ3v) is 8.47.